The van der Waals surface area contributed by atoms with Gasteiger partial charge in [-0.3, -0.25) is 9.59 Å². The van der Waals surface area contributed by atoms with Gasteiger partial charge in [0.1, 0.15) is 11.5 Å². The molecule has 31 heavy (non-hydrogen) atoms. The number of hydrogen-bond donors (Lipinski definition) is 0. The molecule has 1 aromatic rings. The number of rotatable bonds is 8. The molecule has 0 unspecified atom stereocenters. The Bertz CT molecular complexity index is 671. The molecule has 0 aliphatic heterocycles. The lowest BCUT2D eigenvalue weighted by Crippen LogP contribution is -2.25. The van der Waals surface area contributed by atoms with Crippen LogP contribution in [-0.2, 0) is 16.0 Å². The van der Waals surface area contributed by atoms with Gasteiger partial charge in [-0.25, -0.2) is 0 Å². The number of aryl methyl sites for hydroxylation is 1. The SMILES string of the molecule is CCCCCc1cc(OC(=O)C2CCC(C)CC2)cc(OC(=O)C2CCC(C)CC2)c1. The van der Waals surface area contributed by atoms with Gasteiger partial charge in [0.2, 0.25) is 0 Å². The van der Waals surface area contributed by atoms with Crippen molar-refractivity contribution in [2.75, 3.05) is 0 Å². The van der Waals surface area contributed by atoms with Crippen molar-refractivity contribution in [3.8, 4) is 11.5 Å². The third-order valence-corrected chi connectivity index (χ3v) is 7.14. The van der Waals surface area contributed by atoms with Crippen LogP contribution in [0, 0.1) is 23.7 Å². The molecule has 0 heterocycles. The van der Waals surface area contributed by atoms with Crippen molar-refractivity contribution in [1.82, 2.24) is 0 Å². The molecule has 0 radical (unpaired) electrons. The Labute approximate surface area is 188 Å². The molecular formula is C27H40O4. The smallest absolute Gasteiger partial charge is 0.314 e. The van der Waals surface area contributed by atoms with E-state index in [2.05, 4.69) is 20.8 Å². The van der Waals surface area contributed by atoms with E-state index in [4.69, 9.17) is 9.47 Å². The largest absolute Gasteiger partial charge is 0.426 e. The average molecular weight is 429 g/mol. The summed E-state index contributed by atoms with van der Waals surface area (Å²) in [5.41, 5.74) is 1.07. The van der Waals surface area contributed by atoms with Gasteiger partial charge in [-0.15, -0.1) is 0 Å². The lowest BCUT2D eigenvalue weighted by atomic mass is 9.83. The average Bonchev–Trinajstić information content (AvgIpc) is 2.74. The molecule has 4 nitrogen and oxygen atoms in total. The van der Waals surface area contributed by atoms with Crippen LogP contribution in [0.2, 0.25) is 0 Å². The van der Waals surface area contributed by atoms with Gasteiger partial charge in [0, 0.05) is 6.07 Å². The molecule has 2 aliphatic rings. The Balaban J connectivity index is 1.68. The van der Waals surface area contributed by atoms with Crippen molar-refractivity contribution < 1.29 is 19.1 Å². The number of ether oxygens (including phenoxy) is 2. The van der Waals surface area contributed by atoms with Gasteiger partial charge in [0.25, 0.3) is 0 Å². The van der Waals surface area contributed by atoms with E-state index in [1.54, 1.807) is 6.07 Å². The highest BCUT2D eigenvalue weighted by Gasteiger charge is 2.28. The van der Waals surface area contributed by atoms with E-state index in [9.17, 15) is 9.59 Å². The van der Waals surface area contributed by atoms with Crippen LogP contribution in [-0.4, -0.2) is 11.9 Å². The number of carbonyl (C=O) groups excluding carboxylic acids is 2. The van der Waals surface area contributed by atoms with Gasteiger partial charge in [-0.2, -0.15) is 0 Å². The van der Waals surface area contributed by atoms with E-state index in [1.165, 1.54) is 0 Å². The zero-order chi connectivity index (χ0) is 22.2. The zero-order valence-corrected chi connectivity index (χ0v) is 19.7. The molecule has 0 aromatic heterocycles. The Morgan fingerprint density at radius 2 is 1.19 bits per heavy atom. The molecule has 0 spiro atoms. The van der Waals surface area contributed by atoms with Gasteiger partial charge in [-0.05, 0) is 93.7 Å². The van der Waals surface area contributed by atoms with Gasteiger partial charge in [-0.1, -0.05) is 33.6 Å². The molecule has 3 rings (SSSR count). The Morgan fingerprint density at radius 3 is 1.61 bits per heavy atom. The third kappa shape index (κ3) is 7.36. The summed E-state index contributed by atoms with van der Waals surface area (Å²) in [6.45, 7) is 6.67. The summed E-state index contributed by atoms with van der Waals surface area (Å²) >= 11 is 0. The lowest BCUT2D eigenvalue weighted by molar-refractivity contribution is -0.140. The Kier molecular flexibility index (Phi) is 8.98. The molecule has 0 bridgehead atoms. The van der Waals surface area contributed by atoms with E-state index >= 15 is 0 Å². The van der Waals surface area contributed by atoms with E-state index in [0.717, 1.165) is 82.6 Å². The first-order chi connectivity index (χ1) is 14.9. The van der Waals surface area contributed by atoms with Crippen LogP contribution in [0.25, 0.3) is 0 Å². The maximum atomic E-state index is 12.7. The predicted octanol–water partition coefficient (Wildman–Crippen LogP) is 6.88. The quantitative estimate of drug-likeness (QED) is 0.257. The molecule has 0 amide bonds. The number of esters is 2. The van der Waals surface area contributed by atoms with Crippen LogP contribution in [0.15, 0.2) is 18.2 Å². The Hall–Kier alpha value is -1.84. The summed E-state index contributed by atoms with van der Waals surface area (Å²) in [6, 6.07) is 5.60. The van der Waals surface area contributed by atoms with Crippen molar-refractivity contribution in [2.24, 2.45) is 23.7 Å². The summed E-state index contributed by atoms with van der Waals surface area (Å²) in [6.07, 6.45) is 12.2. The lowest BCUT2D eigenvalue weighted by Gasteiger charge is -2.25. The first-order valence-electron chi connectivity index (χ1n) is 12.5. The van der Waals surface area contributed by atoms with Crippen LogP contribution in [0.5, 0.6) is 11.5 Å². The maximum Gasteiger partial charge on any atom is 0.314 e. The summed E-state index contributed by atoms with van der Waals surface area (Å²) in [5.74, 6) is 2.09. The van der Waals surface area contributed by atoms with Crippen LogP contribution in [0.3, 0.4) is 0 Å². The fraction of sp³-hybridized carbons (Fsp3) is 0.704. The van der Waals surface area contributed by atoms with Crippen LogP contribution < -0.4 is 9.47 Å². The van der Waals surface area contributed by atoms with Crippen LogP contribution >= 0.6 is 0 Å². The molecule has 1 aromatic carbocycles. The second-order valence-corrected chi connectivity index (χ2v) is 10.0. The number of carbonyl (C=O) groups is 2. The van der Waals surface area contributed by atoms with E-state index in [-0.39, 0.29) is 23.8 Å². The van der Waals surface area contributed by atoms with E-state index in [0.29, 0.717) is 23.3 Å². The van der Waals surface area contributed by atoms with Gasteiger partial charge < -0.3 is 9.47 Å². The van der Waals surface area contributed by atoms with Crippen LogP contribution in [0.1, 0.15) is 97.0 Å². The summed E-state index contributed by atoms with van der Waals surface area (Å²) < 4.78 is 11.6. The van der Waals surface area contributed by atoms with E-state index < -0.39 is 0 Å². The minimum Gasteiger partial charge on any atom is -0.426 e. The molecule has 4 heteroatoms. The monoisotopic (exact) mass is 428 g/mol. The number of benzene rings is 1. The van der Waals surface area contributed by atoms with Crippen molar-refractivity contribution in [1.29, 1.82) is 0 Å². The summed E-state index contributed by atoms with van der Waals surface area (Å²) in [4.78, 5) is 25.5. The fourth-order valence-corrected chi connectivity index (χ4v) is 4.86. The van der Waals surface area contributed by atoms with E-state index in [1.807, 2.05) is 12.1 Å². The highest BCUT2D eigenvalue weighted by molar-refractivity contribution is 5.77. The molecule has 2 fully saturated rings. The molecule has 0 saturated heterocycles. The van der Waals surface area contributed by atoms with Crippen LogP contribution in [0.4, 0.5) is 0 Å². The molecular weight excluding hydrogens is 388 g/mol. The molecule has 0 atom stereocenters. The number of hydrogen-bond acceptors (Lipinski definition) is 4. The molecule has 172 valence electrons. The maximum absolute atomic E-state index is 12.7. The summed E-state index contributed by atoms with van der Waals surface area (Å²) in [5, 5.41) is 0. The standard InChI is InChI=1S/C27H40O4/c1-4-5-6-7-21-16-24(30-26(28)22-12-8-19(2)9-13-22)18-25(17-21)31-27(29)23-14-10-20(3)11-15-23/h16-20,22-23H,4-15H2,1-3H3. The first-order valence-corrected chi connectivity index (χ1v) is 12.5. The molecule has 0 N–H and O–H groups in total. The minimum absolute atomic E-state index is 0.0184. The van der Waals surface area contributed by atoms with Crippen molar-refractivity contribution in [3.05, 3.63) is 23.8 Å². The number of unbranched alkanes of at least 4 members (excludes halogenated alkanes) is 2. The minimum atomic E-state index is -0.142. The first kappa shape index (κ1) is 23.8. The second-order valence-electron chi connectivity index (χ2n) is 10.0. The zero-order valence-electron chi connectivity index (χ0n) is 19.7. The van der Waals surface area contributed by atoms with Crippen molar-refractivity contribution in [2.45, 2.75) is 97.8 Å². The second kappa shape index (κ2) is 11.7. The highest BCUT2D eigenvalue weighted by atomic mass is 16.5. The molecule has 2 saturated carbocycles. The fourth-order valence-electron chi connectivity index (χ4n) is 4.86. The van der Waals surface area contributed by atoms with Crippen molar-refractivity contribution in [3.63, 3.8) is 0 Å². The Morgan fingerprint density at radius 1 is 0.742 bits per heavy atom. The van der Waals surface area contributed by atoms with Gasteiger partial charge in [0.15, 0.2) is 0 Å². The molecule has 2 aliphatic carbocycles. The topological polar surface area (TPSA) is 52.6 Å². The predicted molar refractivity (Wildman–Crippen MR) is 123 cm³/mol. The van der Waals surface area contributed by atoms with Gasteiger partial charge >= 0.3 is 11.9 Å². The highest BCUT2D eigenvalue weighted by Crippen LogP contribution is 2.33. The normalized spacial score (nSPS) is 26.3. The third-order valence-electron chi connectivity index (χ3n) is 7.14. The van der Waals surface area contributed by atoms with Crippen molar-refractivity contribution >= 4 is 11.9 Å². The summed E-state index contributed by atoms with van der Waals surface area (Å²) in [7, 11) is 0. The van der Waals surface area contributed by atoms with Gasteiger partial charge in [0.05, 0.1) is 11.8 Å².